The van der Waals surface area contributed by atoms with Crippen LogP contribution in [0.4, 0.5) is 21.9 Å². The topological polar surface area (TPSA) is 93.2 Å². The molecule has 0 saturated carbocycles. The number of carbonyl (C=O) groups is 1. The van der Waals surface area contributed by atoms with Crippen LogP contribution in [0.25, 0.3) is 11.0 Å². The summed E-state index contributed by atoms with van der Waals surface area (Å²) in [5.41, 5.74) is 8.73. The van der Waals surface area contributed by atoms with Gasteiger partial charge in [0.15, 0.2) is 5.58 Å². The summed E-state index contributed by atoms with van der Waals surface area (Å²) in [6.07, 6.45) is 1.66. The number of nitrogens with one attached hydrogen (secondary N) is 1. The Morgan fingerprint density at radius 2 is 1.72 bits per heavy atom. The number of hydrogen-bond donors (Lipinski definition) is 2. The van der Waals surface area contributed by atoms with Crippen LogP contribution in [0.2, 0.25) is 0 Å². The Labute approximate surface area is 168 Å². The molecule has 8 nitrogen and oxygen atoms in total. The van der Waals surface area contributed by atoms with Crippen molar-refractivity contribution in [1.29, 1.82) is 0 Å². The highest BCUT2D eigenvalue weighted by atomic mass is 16.5. The molecule has 3 N–H and O–H groups in total. The maximum atomic E-state index is 12.5. The molecule has 2 heterocycles. The lowest BCUT2D eigenvalue weighted by Crippen LogP contribution is -2.43. The molecule has 0 radical (unpaired) electrons. The van der Waals surface area contributed by atoms with Gasteiger partial charge in [-0.3, -0.25) is 4.90 Å². The van der Waals surface area contributed by atoms with Gasteiger partial charge < -0.3 is 29.8 Å². The number of carbonyl (C=O) groups excluding carboxylic acids is 1. The van der Waals surface area contributed by atoms with Gasteiger partial charge in [-0.1, -0.05) is 0 Å². The van der Waals surface area contributed by atoms with E-state index in [1.165, 1.54) is 4.90 Å². The minimum Gasteiger partial charge on any atom is -0.497 e. The van der Waals surface area contributed by atoms with Gasteiger partial charge in [0.2, 0.25) is 0 Å². The van der Waals surface area contributed by atoms with Gasteiger partial charge in [-0.05, 0) is 18.2 Å². The van der Waals surface area contributed by atoms with Gasteiger partial charge >= 0.3 is 6.03 Å². The fourth-order valence-corrected chi connectivity index (χ4v) is 3.64. The van der Waals surface area contributed by atoms with E-state index < -0.39 is 6.03 Å². The number of nitrogens with zero attached hydrogens (tertiary/aromatic N) is 2. The van der Waals surface area contributed by atoms with Gasteiger partial charge in [0.1, 0.15) is 11.5 Å². The van der Waals surface area contributed by atoms with Crippen LogP contribution >= 0.6 is 0 Å². The summed E-state index contributed by atoms with van der Waals surface area (Å²) >= 11 is 0. The summed E-state index contributed by atoms with van der Waals surface area (Å²) in [6.45, 7) is 3.48. The van der Waals surface area contributed by atoms with Crippen LogP contribution in [0, 0.1) is 0 Å². The molecule has 1 aliphatic heterocycles. The van der Waals surface area contributed by atoms with E-state index in [1.807, 2.05) is 18.2 Å². The molecule has 0 unspecified atom stereocenters. The zero-order chi connectivity index (χ0) is 20.4. The predicted molar refractivity (Wildman–Crippen MR) is 113 cm³/mol. The Bertz CT molecular complexity index is 1000. The smallest absolute Gasteiger partial charge is 0.323 e. The van der Waals surface area contributed by atoms with E-state index in [1.54, 1.807) is 38.7 Å². The zero-order valence-electron chi connectivity index (χ0n) is 16.5. The maximum absolute atomic E-state index is 12.5. The predicted octanol–water partition coefficient (Wildman–Crippen LogP) is 3.08. The van der Waals surface area contributed by atoms with E-state index in [0.717, 1.165) is 42.8 Å². The highest BCUT2D eigenvalue weighted by Gasteiger charge is 2.22. The van der Waals surface area contributed by atoms with Gasteiger partial charge in [0, 0.05) is 49.8 Å². The summed E-state index contributed by atoms with van der Waals surface area (Å²) in [6, 6.07) is 10.3. The molecule has 1 aliphatic rings. The lowest BCUT2D eigenvalue weighted by atomic mass is 10.1. The average molecular weight is 396 g/mol. The Morgan fingerprint density at radius 3 is 2.34 bits per heavy atom. The monoisotopic (exact) mass is 396 g/mol. The number of methoxy groups -OCH3 is 2. The molecule has 0 atom stereocenters. The zero-order valence-corrected chi connectivity index (χ0v) is 16.5. The van der Waals surface area contributed by atoms with E-state index in [9.17, 15) is 4.79 Å². The molecular formula is C21H24N4O4. The SMILES string of the molecule is COc1cc(OC)cc(N(C(N)=O)c2cc(N3CCNCC3)c3occc3c2)c1. The van der Waals surface area contributed by atoms with Crippen LogP contribution in [0.5, 0.6) is 11.5 Å². The standard InChI is InChI=1S/C21H24N4O4/c1-27-17-10-16(11-18(13-17)28-2)25(21(22)26)15-9-14-3-8-29-20(14)19(12-15)24-6-4-23-5-7-24/h3,8-13,23H,4-7H2,1-2H3,(H2,22,26). The van der Waals surface area contributed by atoms with Gasteiger partial charge in [-0.25, -0.2) is 4.79 Å². The van der Waals surface area contributed by atoms with Crippen LogP contribution in [-0.4, -0.2) is 46.4 Å². The minimum absolute atomic E-state index is 0.558. The molecule has 1 aromatic heterocycles. The number of hydrogen-bond acceptors (Lipinski definition) is 6. The lowest BCUT2D eigenvalue weighted by Gasteiger charge is -2.30. The van der Waals surface area contributed by atoms with Gasteiger partial charge in [0.05, 0.1) is 37.5 Å². The van der Waals surface area contributed by atoms with E-state index in [-0.39, 0.29) is 0 Å². The van der Waals surface area contributed by atoms with E-state index in [4.69, 9.17) is 19.6 Å². The van der Waals surface area contributed by atoms with Crippen LogP contribution in [-0.2, 0) is 0 Å². The van der Waals surface area contributed by atoms with Crippen molar-refractivity contribution in [2.45, 2.75) is 0 Å². The number of furan rings is 1. The molecule has 2 amide bonds. The van der Waals surface area contributed by atoms with Gasteiger partial charge in [0.25, 0.3) is 0 Å². The summed E-state index contributed by atoms with van der Waals surface area (Å²) in [7, 11) is 3.13. The first-order chi connectivity index (χ1) is 14.1. The summed E-state index contributed by atoms with van der Waals surface area (Å²) in [4.78, 5) is 16.2. The second-order valence-corrected chi connectivity index (χ2v) is 6.79. The Morgan fingerprint density at radius 1 is 1.07 bits per heavy atom. The van der Waals surface area contributed by atoms with Crippen molar-refractivity contribution >= 4 is 34.1 Å². The first-order valence-electron chi connectivity index (χ1n) is 9.40. The highest BCUT2D eigenvalue weighted by Crippen LogP contribution is 2.38. The molecule has 8 heteroatoms. The average Bonchev–Trinajstić information content (AvgIpc) is 3.22. The molecule has 152 valence electrons. The second-order valence-electron chi connectivity index (χ2n) is 6.79. The molecule has 3 aromatic rings. The number of urea groups is 1. The highest BCUT2D eigenvalue weighted by molar-refractivity contribution is 6.03. The molecule has 1 fully saturated rings. The largest absolute Gasteiger partial charge is 0.497 e. The summed E-state index contributed by atoms with van der Waals surface area (Å²) < 4.78 is 16.4. The third kappa shape index (κ3) is 3.66. The lowest BCUT2D eigenvalue weighted by molar-refractivity contribution is 0.256. The number of primary amides is 1. The number of rotatable bonds is 5. The normalized spacial score (nSPS) is 14.1. The Balaban J connectivity index is 1.85. The summed E-state index contributed by atoms with van der Waals surface area (Å²) in [5.74, 6) is 1.13. The van der Waals surface area contributed by atoms with Crippen molar-refractivity contribution in [3.05, 3.63) is 42.7 Å². The number of piperazine rings is 1. The number of benzene rings is 2. The molecule has 29 heavy (non-hydrogen) atoms. The fraction of sp³-hybridized carbons (Fsp3) is 0.286. The van der Waals surface area contributed by atoms with E-state index >= 15 is 0 Å². The van der Waals surface area contributed by atoms with Crippen LogP contribution in [0.3, 0.4) is 0 Å². The van der Waals surface area contributed by atoms with Crippen molar-refractivity contribution in [3.63, 3.8) is 0 Å². The van der Waals surface area contributed by atoms with Crippen molar-refractivity contribution in [2.24, 2.45) is 5.73 Å². The van der Waals surface area contributed by atoms with Crippen molar-refractivity contribution < 1.29 is 18.7 Å². The molecular weight excluding hydrogens is 372 g/mol. The van der Waals surface area contributed by atoms with Crippen LogP contribution < -0.4 is 30.3 Å². The van der Waals surface area contributed by atoms with E-state index in [2.05, 4.69) is 10.2 Å². The molecule has 0 bridgehead atoms. The summed E-state index contributed by atoms with van der Waals surface area (Å²) in [5, 5.41) is 4.25. The van der Waals surface area contributed by atoms with Crippen molar-refractivity contribution in [3.8, 4) is 11.5 Å². The number of anilines is 3. The Hall–Kier alpha value is -3.39. The number of nitrogens with two attached hydrogens (primary N) is 1. The van der Waals surface area contributed by atoms with Crippen LogP contribution in [0.15, 0.2) is 47.1 Å². The number of amides is 2. The first kappa shape index (κ1) is 18.9. The third-order valence-corrected chi connectivity index (χ3v) is 5.05. The van der Waals surface area contributed by atoms with Crippen LogP contribution in [0.1, 0.15) is 0 Å². The first-order valence-corrected chi connectivity index (χ1v) is 9.40. The van der Waals surface area contributed by atoms with Gasteiger partial charge in [-0.2, -0.15) is 0 Å². The molecule has 1 saturated heterocycles. The quantitative estimate of drug-likeness (QED) is 0.688. The van der Waals surface area contributed by atoms with E-state index in [0.29, 0.717) is 22.9 Å². The van der Waals surface area contributed by atoms with Gasteiger partial charge in [-0.15, -0.1) is 0 Å². The molecule has 2 aromatic carbocycles. The molecule has 4 rings (SSSR count). The maximum Gasteiger partial charge on any atom is 0.323 e. The Kier molecular flexibility index (Phi) is 5.18. The molecule has 0 spiro atoms. The fourth-order valence-electron chi connectivity index (χ4n) is 3.64. The van der Waals surface area contributed by atoms with Crippen molar-refractivity contribution in [1.82, 2.24) is 5.32 Å². The minimum atomic E-state index is -0.602. The molecule has 0 aliphatic carbocycles. The second kappa shape index (κ2) is 7.92. The number of fused-ring (bicyclic) bond motifs is 1. The third-order valence-electron chi connectivity index (χ3n) is 5.05. The van der Waals surface area contributed by atoms with Crippen molar-refractivity contribution in [2.75, 3.05) is 50.2 Å². The number of ether oxygens (including phenoxy) is 2.